The molecular formula is C22H36N4O3. The number of anilines is 1. The normalized spacial score (nSPS) is 20.2. The third kappa shape index (κ3) is 5.54. The minimum Gasteiger partial charge on any atom is -0.493 e. The van der Waals surface area contributed by atoms with E-state index in [9.17, 15) is 0 Å². The number of hydrogen-bond acceptors (Lipinski definition) is 5. The summed E-state index contributed by atoms with van der Waals surface area (Å²) in [4.78, 5) is 7.08. The predicted octanol–water partition coefficient (Wildman–Crippen LogP) is 3.12. The second-order valence-corrected chi connectivity index (χ2v) is 7.73. The molecule has 7 nitrogen and oxygen atoms in total. The molecule has 0 spiro atoms. The SMILES string of the molecule is CCOc1cc(NC(=NC)NCC2(N3CCOCC3)CCCCC2)ccc1OC. The minimum absolute atomic E-state index is 0.191. The number of nitrogens with zero attached hydrogens (tertiary/aromatic N) is 2. The number of nitrogens with one attached hydrogen (secondary N) is 2. The van der Waals surface area contributed by atoms with Crippen LogP contribution in [0.5, 0.6) is 11.5 Å². The molecule has 2 N–H and O–H groups in total. The van der Waals surface area contributed by atoms with Crippen molar-refractivity contribution in [2.75, 3.05) is 58.9 Å². The van der Waals surface area contributed by atoms with Gasteiger partial charge < -0.3 is 24.8 Å². The summed E-state index contributed by atoms with van der Waals surface area (Å²) in [6, 6.07) is 5.84. The van der Waals surface area contributed by atoms with Crippen molar-refractivity contribution >= 4 is 11.6 Å². The van der Waals surface area contributed by atoms with Crippen LogP contribution in [0.1, 0.15) is 39.0 Å². The van der Waals surface area contributed by atoms with Crippen molar-refractivity contribution in [2.45, 2.75) is 44.6 Å². The van der Waals surface area contributed by atoms with Crippen LogP contribution >= 0.6 is 0 Å². The Morgan fingerprint density at radius 1 is 1.17 bits per heavy atom. The zero-order chi connectivity index (χ0) is 20.5. The lowest BCUT2D eigenvalue weighted by molar-refractivity contribution is -0.0352. The highest BCUT2D eigenvalue weighted by Gasteiger charge is 2.38. The van der Waals surface area contributed by atoms with Crippen LogP contribution in [0.15, 0.2) is 23.2 Å². The Hall–Kier alpha value is -1.99. The summed E-state index contributed by atoms with van der Waals surface area (Å²) in [6.07, 6.45) is 6.38. The van der Waals surface area contributed by atoms with E-state index >= 15 is 0 Å². The fourth-order valence-corrected chi connectivity index (χ4v) is 4.44. The molecule has 0 unspecified atom stereocenters. The molecule has 1 aliphatic carbocycles. The Labute approximate surface area is 174 Å². The van der Waals surface area contributed by atoms with Gasteiger partial charge in [-0.25, -0.2) is 0 Å². The smallest absolute Gasteiger partial charge is 0.195 e. The number of morpholine rings is 1. The van der Waals surface area contributed by atoms with E-state index in [0.29, 0.717) is 6.61 Å². The summed E-state index contributed by atoms with van der Waals surface area (Å²) in [7, 11) is 3.46. The summed E-state index contributed by atoms with van der Waals surface area (Å²) < 4.78 is 16.7. The molecule has 1 heterocycles. The van der Waals surface area contributed by atoms with E-state index in [4.69, 9.17) is 14.2 Å². The van der Waals surface area contributed by atoms with Crippen molar-refractivity contribution in [1.29, 1.82) is 0 Å². The van der Waals surface area contributed by atoms with Gasteiger partial charge in [-0.1, -0.05) is 19.3 Å². The number of rotatable bonds is 7. The molecule has 29 heavy (non-hydrogen) atoms. The van der Waals surface area contributed by atoms with Crippen molar-refractivity contribution in [1.82, 2.24) is 10.2 Å². The van der Waals surface area contributed by atoms with E-state index < -0.39 is 0 Å². The molecule has 1 saturated carbocycles. The first kappa shape index (κ1) is 21.7. The molecule has 1 aliphatic heterocycles. The molecule has 162 valence electrons. The van der Waals surface area contributed by atoms with Crippen LogP contribution < -0.4 is 20.1 Å². The van der Waals surface area contributed by atoms with Gasteiger partial charge in [0.1, 0.15) is 0 Å². The largest absolute Gasteiger partial charge is 0.493 e. The Kier molecular flexibility index (Phi) is 8.00. The van der Waals surface area contributed by atoms with Crippen molar-refractivity contribution in [3.05, 3.63) is 18.2 Å². The third-order valence-electron chi connectivity index (χ3n) is 6.00. The van der Waals surface area contributed by atoms with Gasteiger partial charge in [0.2, 0.25) is 0 Å². The first-order valence-electron chi connectivity index (χ1n) is 10.8. The highest BCUT2D eigenvalue weighted by atomic mass is 16.5. The molecule has 7 heteroatoms. The molecule has 1 aromatic rings. The van der Waals surface area contributed by atoms with Crippen LogP contribution in [0.3, 0.4) is 0 Å². The van der Waals surface area contributed by atoms with Crippen LogP contribution in [0.25, 0.3) is 0 Å². The standard InChI is InChI=1S/C22H36N4O3/c1-4-29-20-16-18(8-9-19(20)27-3)25-21(23-2)24-17-22(10-6-5-7-11-22)26-12-14-28-15-13-26/h8-9,16H,4-7,10-15,17H2,1-3H3,(H2,23,24,25). The molecular weight excluding hydrogens is 368 g/mol. The topological polar surface area (TPSA) is 67.4 Å². The zero-order valence-corrected chi connectivity index (χ0v) is 18.1. The van der Waals surface area contributed by atoms with Gasteiger partial charge in [0, 0.05) is 44.0 Å². The third-order valence-corrected chi connectivity index (χ3v) is 6.00. The second kappa shape index (κ2) is 10.7. The van der Waals surface area contributed by atoms with Gasteiger partial charge in [0.25, 0.3) is 0 Å². The zero-order valence-electron chi connectivity index (χ0n) is 18.1. The highest BCUT2D eigenvalue weighted by Crippen LogP contribution is 2.34. The number of guanidine groups is 1. The molecule has 0 amide bonds. The van der Waals surface area contributed by atoms with E-state index in [2.05, 4.69) is 20.5 Å². The predicted molar refractivity (Wildman–Crippen MR) is 117 cm³/mol. The van der Waals surface area contributed by atoms with Crippen LogP contribution in [0.2, 0.25) is 0 Å². The van der Waals surface area contributed by atoms with E-state index in [1.54, 1.807) is 7.11 Å². The number of methoxy groups -OCH3 is 1. The molecule has 3 rings (SSSR count). The van der Waals surface area contributed by atoms with E-state index in [1.165, 1.54) is 32.1 Å². The van der Waals surface area contributed by atoms with Crippen molar-refractivity contribution in [3.8, 4) is 11.5 Å². The van der Waals surface area contributed by atoms with Gasteiger partial charge in [-0.2, -0.15) is 0 Å². The maximum absolute atomic E-state index is 5.69. The number of benzene rings is 1. The van der Waals surface area contributed by atoms with Gasteiger partial charge >= 0.3 is 0 Å². The fraction of sp³-hybridized carbons (Fsp3) is 0.682. The average molecular weight is 405 g/mol. The monoisotopic (exact) mass is 404 g/mol. The second-order valence-electron chi connectivity index (χ2n) is 7.73. The lowest BCUT2D eigenvalue weighted by Crippen LogP contribution is -2.60. The summed E-state index contributed by atoms with van der Waals surface area (Å²) in [6.45, 7) is 7.15. The number of aliphatic imine (C=N–C) groups is 1. The van der Waals surface area contributed by atoms with Crippen LogP contribution in [0.4, 0.5) is 5.69 Å². The van der Waals surface area contributed by atoms with Crippen molar-refractivity contribution in [3.63, 3.8) is 0 Å². The number of ether oxygens (including phenoxy) is 3. The van der Waals surface area contributed by atoms with Gasteiger partial charge in [-0.05, 0) is 31.9 Å². The summed E-state index contributed by atoms with van der Waals surface area (Å²) in [5.74, 6) is 2.23. The molecule has 2 fully saturated rings. The van der Waals surface area contributed by atoms with Crippen LogP contribution in [-0.4, -0.2) is 70.0 Å². The first-order valence-corrected chi connectivity index (χ1v) is 10.8. The van der Waals surface area contributed by atoms with Gasteiger partial charge in [0.15, 0.2) is 17.5 Å². The Morgan fingerprint density at radius 3 is 2.59 bits per heavy atom. The maximum atomic E-state index is 5.69. The molecule has 0 aromatic heterocycles. The quantitative estimate of drug-likeness (QED) is 0.538. The van der Waals surface area contributed by atoms with Crippen LogP contribution in [0, 0.1) is 0 Å². The van der Waals surface area contributed by atoms with Crippen LogP contribution in [-0.2, 0) is 4.74 Å². The lowest BCUT2D eigenvalue weighted by Gasteiger charge is -2.48. The van der Waals surface area contributed by atoms with E-state index in [1.807, 2.05) is 32.2 Å². The van der Waals surface area contributed by atoms with E-state index in [0.717, 1.165) is 56.0 Å². The summed E-state index contributed by atoms with van der Waals surface area (Å²) in [5.41, 5.74) is 1.11. The minimum atomic E-state index is 0.191. The Balaban J connectivity index is 1.66. The number of hydrogen-bond donors (Lipinski definition) is 2. The Bertz CT molecular complexity index is 668. The molecule has 0 bridgehead atoms. The molecule has 1 aromatic carbocycles. The Morgan fingerprint density at radius 2 is 1.93 bits per heavy atom. The van der Waals surface area contributed by atoms with Gasteiger partial charge in [-0.15, -0.1) is 0 Å². The summed E-state index contributed by atoms with van der Waals surface area (Å²) >= 11 is 0. The molecule has 0 atom stereocenters. The lowest BCUT2D eigenvalue weighted by atomic mass is 9.80. The average Bonchev–Trinajstić information content (AvgIpc) is 2.78. The van der Waals surface area contributed by atoms with Crippen molar-refractivity contribution in [2.24, 2.45) is 4.99 Å². The van der Waals surface area contributed by atoms with E-state index in [-0.39, 0.29) is 5.54 Å². The molecule has 1 saturated heterocycles. The fourth-order valence-electron chi connectivity index (χ4n) is 4.44. The summed E-state index contributed by atoms with van der Waals surface area (Å²) in [5, 5.41) is 6.99. The van der Waals surface area contributed by atoms with Gasteiger partial charge in [0.05, 0.1) is 26.9 Å². The highest BCUT2D eigenvalue weighted by molar-refractivity contribution is 5.93. The maximum Gasteiger partial charge on any atom is 0.195 e. The molecule has 2 aliphatic rings. The van der Waals surface area contributed by atoms with Crippen molar-refractivity contribution < 1.29 is 14.2 Å². The van der Waals surface area contributed by atoms with Gasteiger partial charge in [-0.3, -0.25) is 9.89 Å². The molecule has 0 radical (unpaired) electrons. The first-order chi connectivity index (χ1) is 14.2.